The summed E-state index contributed by atoms with van der Waals surface area (Å²) in [4.78, 5) is 13.1. The molecule has 0 amide bonds. The lowest BCUT2D eigenvalue weighted by Gasteiger charge is -1.95. The summed E-state index contributed by atoms with van der Waals surface area (Å²) in [5.41, 5.74) is 0.842. The van der Waals surface area contributed by atoms with Crippen LogP contribution in [0.4, 0.5) is 4.39 Å². The molecule has 0 aliphatic carbocycles. The minimum atomic E-state index is -0.261. The first-order chi connectivity index (χ1) is 5.83. The van der Waals surface area contributed by atoms with Gasteiger partial charge >= 0.3 is 0 Å². The maximum absolute atomic E-state index is 12.6. The molecule has 1 rings (SSSR count). The third kappa shape index (κ3) is 2.64. The SMILES string of the molecule is O=C=NCCc1cccc(F)c1. The normalized spacial score (nSPS) is 9.08. The lowest BCUT2D eigenvalue weighted by Crippen LogP contribution is -1.89. The third-order valence-corrected chi connectivity index (χ3v) is 1.47. The molecule has 0 aliphatic heterocycles. The van der Waals surface area contributed by atoms with Crippen molar-refractivity contribution in [3.63, 3.8) is 0 Å². The first-order valence-electron chi connectivity index (χ1n) is 3.61. The van der Waals surface area contributed by atoms with Crippen LogP contribution in [0.1, 0.15) is 5.56 Å². The van der Waals surface area contributed by atoms with E-state index in [0.717, 1.165) is 5.56 Å². The topological polar surface area (TPSA) is 29.4 Å². The molecule has 0 saturated carbocycles. The van der Waals surface area contributed by atoms with Gasteiger partial charge in [0.25, 0.3) is 0 Å². The van der Waals surface area contributed by atoms with Gasteiger partial charge in [0.2, 0.25) is 6.08 Å². The predicted octanol–water partition coefficient (Wildman–Crippen LogP) is 1.70. The molecule has 0 heterocycles. The van der Waals surface area contributed by atoms with Gasteiger partial charge in [0.1, 0.15) is 5.82 Å². The van der Waals surface area contributed by atoms with E-state index in [1.807, 2.05) is 0 Å². The fourth-order valence-electron chi connectivity index (χ4n) is 0.923. The number of aliphatic imine (C=N–C) groups is 1. The van der Waals surface area contributed by atoms with Crippen LogP contribution in [0.2, 0.25) is 0 Å². The fourth-order valence-corrected chi connectivity index (χ4v) is 0.923. The zero-order valence-corrected chi connectivity index (χ0v) is 6.46. The van der Waals surface area contributed by atoms with Gasteiger partial charge in [-0.1, -0.05) is 12.1 Å². The number of carbonyl (C=O) groups excluding carboxylic acids is 1. The van der Waals surface area contributed by atoms with E-state index in [1.165, 1.54) is 18.2 Å². The van der Waals surface area contributed by atoms with Gasteiger partial charge in [-0.15, -0.1) is 0 Å². The average molecular weight is 165 g/mol. The van der Waals surface area contributed by atoms with Crippen LogP contribution >= 0.6 is 0 Å². The van der Waals surface area contributed by atoms with Crippen molar-refractivity contribution < 1.29 is 9.18 Å². The molecule has 0 aromatic heterocycles. The number of hydrogen-bond acceptors (Lipinski definition) is 2. The Hall–Kier alpha value is -1.47. The lowest BCUT2D eigenvalue weighted by atomic mass is 10.1. The van der Waals surface area contributed by atoms with Crippen LogP contribution in [-0.4, -0.2) is 12.6 Å². The smallest absolute Gasteiger partial charge is 0.211 e. The van der Waals surface area contributed by atoms with E-state index >= 15 is 0 Å². The minimum Gasteiger partial charge on any atom is -0.211 e. The van der Waals surface area contributed by atoms with Gasteiger partial charge in [-0.3, -0.25) is 0 Å². The van der Waals surface area contributed by atoms with Crippen molar-refractivity contribution >= 4 is 6.08 Å². The molecule has 1 aromatic rings. The van der Waals surface area contributed by atoms with Crippen LogP contribution in [-0.2, 0) is 11.2 Å². The molecule has 0 bridgehead atoms. The highest BCUT2D eigenvalue weighted by Crippen LogP contribution is 2.03. The van der Waals surface area contributed by atoms with Crippen LogP contribution in [0.25, 0.3) is 0 Å². The molecule has 12 heavy (non-hydrogen) atoms. The summed E-state index contributed by atoms with van der Waals surface area (Å²) >= 11 is 0. The van der Waals surface area contributed by atoms with Crippen molar-refractivity contribution in [2.75, 3.05) is 6.54 Å². The molecule has 0 aliphatic rings. The second-order valence-corrected chi connectivity index (χ2v) is 2.35. The molecule has 2 nitrogen and oxygen atoms in total. The molecule has 3 heteroatoms. The monoisotopic (exact) mass is 165 g/mol. The van der Waals surface area contributed by atoms with Crippen molar-refractivity contribution in [1.82, 2.24) is 0 Å². The second kappa shape index (κ2) is 4.42. The van der Waals surface area contributed by atoms with Gasteiger partial charge < -0.3 is 0 Å². The fraction of sp³-hybridized carbons (Fsp3) is 0.222. The Morgan fingerprint density at radius 3 is 3.00 bits per heavy atom. The van der Waals surface area contributed by atoms with Crippen LogP contribution in [0.15, 0.2) is 29.3 Å². The summed E-state index contributed by atoms with van der Waals surface area (Å²) in [6.45, 7) is 0.368. The van der Waals surface area contributed by atoms with Crippen molar-refractivity contribution in [3.05, 3.63) is 35.6 Å². The van der Waals surface area contributed by atoms with E-state index in [4.69, 9.17) is 0 Å². The first-order valence-corrected chi connectivity index (χ1v) is 3.61. The lowest BCUT2D eigenvalue weighted by molar-refractivity contribution is 0.563. The molecule has 0 radical (unpaired) electrons. The summed E-state index contributed by atoms with van der Waals surface area (Å²) in [6, 6.07) is 6.24. The van der Waals surface area contributed by atoms with Crippen LogP contribution in [0.3, 0.4) is 0 Å². The Morgan fingerprint density at radius 1 is 1.50 bits per heavy atom. The average Bonchev–Trinajstić information content (AvgIpc) is 2.05. The Labute approximate surface area is 69.7 Å². The molecule has 0 saturated heterocycles. The van der Waals surface area contributed by atoms with Crippen molar-refractivity contribution in [2.45, 2.75) is 6.42 Å². The third-order valence-electron chi connectivity index (χ3n) is 1.47. The maximum Gasteiger partial charge on any atom is 0.234 e. The van der Waals surface area contributed by atoms with Gasteiger partial charge in [0, 0.05) is 0 Å². The zero-order chi connectivity index (χ0) is 8.81. The van der Waals surface area contributed by atoms with E-state index < -0.39 is 0 Å². The Bertz CT molecular complexity index is 305. The quantitative estimate of drug-likeness (QED) is 0.495. The highest BCUT2D eigenvalue weighted by Gasteiger charge is 1.93. The van der Waals surface area contributed by atoms with Crippen molar-refractivity contribution in [1.29, 1.82) is 0 Å². The molecule has 0 fully saturated rings. The molecule has 0 atom stereocenters. The van der Waals surface area contributed by atoms with E-state index in [-0.39, 0.29) is 5.82 Å². The molecule has 1 aromatic carbocycles. The number of hydrogen-bond donors (Lipinski definition) is 0. The Kier molecular flexibility index (Phi) is 3.17. The first kappa shape index (κ1) is 8.62. The number of benzene rings is 1. The van der Waals surface area contributed by atoms with Gasteiger partial charge in [-0.05, 0) is 24.1 Å². The zero-order valence-electron chi connectivity index (χ0n) is 6.46. The minimum absolute atomic E-state index is 0.261. The Morgan fingerprint density at radius 2 is 2.33 bits per heavy atom. The largest absolute Gasteiger partial charge is 0.234 e. The molecule has 0 N–H and O–H groups in total. The Balaban J connectivity index is 2.57. The van der Waals surface area contributed by atoms with Gasteiger partial charge in [0.15, 0.2) is 0 Å². The summed E-state index contributed by atoms with van der Waals surface area (Å²) in [7, 11) is 0. The van der Waals surface area contributed by atoms with E-state index in [2.05, 4.69) is 4.99 Å². The number of isocyanates is 1. The molecular formula is C9H8FNO. The summed E-state index contributed by atoms with van der Waals surface area (Å²) in [6.07, 6.45) is 2.01. The molecule has 0 unspecified atom stereocenters. The van der Waals surface area contributed by atoms with Crippen LogP contribution in [0.5, 0.6) is 0 Å². The number of nitrogens with zero attached hydrogens (tertiary/aromatic N) is 1. The standard InChI is InChI=1S/C9H8FNO/c10-9-3-1-2-8(6-9)4-5-11-7-12/h1-3,6H,4-5H2. The summed E-state index contributed by atoms with van der Waals surface area (Å²) in [5, 5.41) is 0. The van der Waals surface area contributed by atoms with Crippen LogP contribution < -0.4 is 0 Å². The summed E-state index contributed by atoms with van der Waals surface area (Å²) < 4.78 is 12.6. The van der Waals surface area contributed by atoms with Gasteiger partial charge in [-0.25, -0.2) is 14.2 Å². The molecular weight excluding hydrogens is 157 g/mol. The highest BCUT2D eigenvalue weighted by molar-refractivity contribution is 5.33. The van der Waals surface area contributed by atoms with E-state index in [0.29, 0.717) is 13.0 Å². The number of rotatable bonds is 3. The predicted molar refractivity (Wildman–Crippen MR) is 43.1 cm³/mol. The summed E-state index contributed by atoms with van der Waals surface area (Å²) in [5.74, 6) is -0.261. The highest BCUT2D eigenvalue weighted by atomic mass is 19.1. The van der Waals surface area contributed by atoms with Crippen molar-refractivity contribution in [2.24, 2.45) is 4.99 Å². The second-order valence-electron chi connectivity index (χ2n) is 2.35. The van der Waals surface area contributed by atoms with Gasteiger partial charge in [0.05, 0.1) is 6.54 Å². The van der Waals surface area contributed by atoms with Gasteiger partial charge in [-0.2, -0.15) is 0 Å². The number of halogens is 1. The van der Waals surface area contributed by atoms with Crippen molar-refractivity contribution in [3.8, 4) is 0 Å². The van der Waals surface area contributed by atoms with E-state index in [9.17, 15) is 9.18 Å². The molecule has 0 spiro atoms. The maximum atomic E-state index is 12.6. The van der Waals surface area contributed by atoms with E-state index in [1.54, 1.807) is 12.1 Å². The van der Waals surface area contributed by atoms with Crippen LogP contribution in [0, 0.1) is 5.82 Å². The molecule has 62 valence electrons.